The van der Waals surface area contributed by atoms with Crippen LogP contribution in [0.5, 0.6) is 0 Å². The van der Waals surface area contributed by atoms with E-state index >= 15 is 0 Å². The van der Waals surface area contributed by atoms with Crippen LogP contribution < -0.4 is 5.73 Å². The van der Waals surface area contributed by atoms with Crippen molar-refractivity contribution in [2.75, 3.05) is 13.7 Å². The molecule has 0 aromatic carbocycles. The van der Waals surface area contributed by atoms with Gasteiger partial charge in [-0.1, -0.05) is 19.0 Å². The van der Waals surface area contributed by atoms with E-state index in [0.717, 1.165) is 12.8 Å². The molecule has 0 fully saturated rings. The molecule has 0 unspecified atom stereocenters. The minimum Gasteiger partial charge on any atom is -0.382 e. The van der Waals surface area contributed by atoms with Crippen LogP contribution in [0.3, 0.4) is 0 Å². The highest BCUT2D eigenvalue weighted by Crippen LogP contribution is 2.30. The average Bonchev–Trinajstić information content (AvgIpc) is 2.81. The third kappa shape index (κ3) is 2.23. The van der Waals surface area contributed by atoms with E-state index in [0.29, 0.717) is 5.82 Å². The molecule has 3 N–H and O–H groups in total. The lowest BCUT2D eigenvalue weighted by Gasteiger charge is -2.25. The molecule has 0 aliphatic heterocycles. The summed E-state index contributed by atoms with van der Waals surface area (Å²) in [6.07, 6.45) is 0.555. The van der Waals surface area contributed by atoms with Gasteiger partial charge in [0.05, 0.1) is 0 Å². The summed E-state index contributed by atoms with van der Waals surface area (Å²) in [5.74, 6) is 0.600. The molecule has 6 heteroatoms. The summed E-state index contributed by atoms with van der Waals surface area (Å²) in [6, 6.07) is 0. The highest BCUT2D eigenvalue weighted by atomic mass is 16.5. The highest BCUT2D eigenvalue weighted by Gasteiger charge is 2.34. The Bertz CT molecular complexity index is 315. The van der Waals surface area contributed by atoms with Gasteiger partial charge in [0.15, 0.2) is 0 Å². The molecule has 1 rings (SSSR count). The third-order valence-corrected chi connectivity index (χ3v) is 2.89. The first-order valence-electron chi connectivity index (χ1n) is 5.40. The van der Waals surface area contributed by atoms with E-state index in [-0.39, 0.29) is 12.4 Å². The van der Waals surface area contributed by atoms with E-state index in [2.05, 4.69) is 10.1 Å². The van der Waals surface area contributed by atoms with Crippen LogP contribution in [0, 0.1) is 0 Å². The van der Waals surface area contributed by atoms with Crippen molar-refractivity contribution >= 4 is 0 Å². The first-order valence-corrected chi connectivity index (χ1v) is 5.40. The van der Waals surface area contributed by atoms with Crippen molar-refractivity contribution in [1.29, 1.82) is 0 Å². The summed E-state index contributed by atoms with van der Waals surface area (Å²) in [7, 11) is 1.61. The summed E-state index contributed by atoms with van der Waals surface area (Å²) >= 11 is 0. The van der Waals surface area contributed by atoms with Crippen molar-refractivity contribution in [3.8, 4) is 0 Å². The zero-order valence-electron chi connectivity index (χ0n) is 9.93. The van der Waals surface area contributed by atoms with Crippen molar-refractivity contribution in [1.82, 2.24) is 10.1 Å². The predicted molar refractivity (Wildman–Crippen MR) is 57.6 cm³/mol. The maximum Gasteiger partial charge on any atom is 0.256 e. The number of ether oxygens (including phenoxy) is 1. The van der Waals surface area contributed by atoms with Crippen molar-refractivity contribution in [2.45, 2.75) is 38.4 Å². The number of hydrogen-bond acceptors (Lipinski definition) is 6. The maximum absolute atomic E-state index is 9.46. The van der Waals surface area contributed by atoms with Crippen LogP contribution in [0.2, 0.25) is 0 Å². The molecular formula is C10H19N3O3. The van der Waals surface area contributed by atoms with Gasteiger partial charge in [-0.05, 0) is 12.8 Å². The van der Waals surface area contributed by atoms with Crippen LogP contribution in [-0.2, 0) is 10.3 Å². The number of nitrogens with two attached hydrogens (primary N) is 1. The second kappa shape index (κ2) is 5.38. The van der Waals surface area contributed by atoms with Crippen LogP contribution in [0.15, 0.2) is 4.52 Å². The number of hydrogen-bond donors (Lipinski definition) is 2. The molecule has 0 amide bonds. The predicted octanol–water partition coefficient (Wildman–Crippen LogP) is 0.723. The van der Waals surface area contributed by atoms with Gasteiger partial charge in [-0.2, -0.15) is 4.98 Å². The lowest BCUT2D eigenvalue weighted by atomic mass is 9.96. The summed E-state index contributed by atoms with van der Waals surface area (Å²) in [6.45, 7) is 4.03. The fourth-order valence-corrected chi connectivity index (χ4v) is 1.60. The van der Waals surface area contributed by atoms with E-state index in [1.807, 2.05) is 13.8 Å². The Labute approximate surface area is 94.8 Å². The number of aromatic nitrogens is 2. The van der Waals surface area contributed by atoms with E-state index in [1.165, 1.54) is 0 Å². The Kier molecular flexibility index (Phi) is 4.40. The van der Waals surface area contributed by atoms with Crippen LogP contribution in [0.1, 0.15) is 44.5 Å². The number of aliphatic hydroxyl groups excluding tert-OH is 1. The molecule has 0 bridgehead atoms. The van der Waals surface area contributed by atoms with Gasteiger partial charge < -0.3 is 20.1 Å². The molecule has 16 heavy (non-hydrogen) atoms. The molecule has 1 aromatic heterocycles. The third-order valence-electron chi connectivity index (χ3n) is 2.89. The Balaban J connectivity index is 2.99. The maximum atomic E-state index is 9.46. The topological polar surface area (TPSA) is 94.4 Å². The van der Waals surface area contributed by atoms with Crippen molar-refractivity contribution in [3.05, 3.63) is 11.7 Å². The lowest BCUT2D eigenvalue weighted by molar-refractivity contribution is -0.0306. The molecule has 0 aliphatic rings. The molecule has 1 heterocycles. The first kappa shape index (κ1) is 13.1. The van der Waals surface area contributed by atoms with Gasteiger partial charge in [0.2, 0.25) is 5.82 Å². The van der Waals surface area contributed by atoms with Crippen molar-refractivity contribution in [3.63, 3.8) is 0 Å². The van der Waals surface area contributed by atoms with E-state index in [4.69, 9.17) is 15.0 Å². The number of methoxy groups -OCH3 is 1. The smallest absolute Gasteiger partial charge is 0.256 e. The van der Waals surface area contributed by atoms with Gasteiger partial charge in [-0.3, -0.25) is 0 Å². The lowest BCUT2D eigenvalue weighted by Crippen LogP contribution is -2.28. The number of aliphatic hydroxyl groups is 1. The second-order valence-electron chi connectivity index (χ2n) is 3.61. The zero-order valence-corrected chi connectivity index (χ0v) is 9.93. The van der Waals surface area contributed by atoms with Gasteiger partial charge in [-0.15, -0.1) is 0 Å². The SMILES string of the molecule is CCC(CC)(OC)c1noc([C@@H](O)CN)n1. The van der Waals surface area contributed by atoms with Gasteiger partial charge in [-0.25, -0.2) is 0 Å². The molecule has 0 saturated carbocycles. The van der Waals surface area contributed by atoms with E-state index in [1.54, 1.807) is 7.11 Å². The van der Waals surface area contributed by atoms with Crippen LogP contribution in [0.4, 0.5) is 0 Å². The van der Waals surface area contributed by atoms with Gasteiger partial charge in [0, 0.05) is 13.7 Å². The first-order chi connectivity index (χ1) is 7.63. The molecule has 1 aromatic rings. The minimum atomic E-state index is -0.912. The molecule has 0 saturated heterocycles. The minimum absolute atomic E-state index is 0.0554. The fraction of sp³-hybridized carbons (Fsp3) is 0.800. The van der Waals surface area contributed by atoms with Gasteiger partial charge in [0.1, 0.15) is 11.7 Å². The summed E-state index contributed by atoms with van der Waals surface area (Å²) in [5, 5.41) is 13.3. The molecule has 0 spiro atoms. The molecular weight excluding hydrogens is 210 g/mol. The van der Waals surface area contributed by atoms with E-state index in [9.17, 15) is 5.11 Å². The van der Waals surface area contributed by atoms with Crippen molar-refractivity contribution in [2.24, 2.45) is 5.73 Å². The summed E-state index contributed by atoms with van der Waals surface area (Å²) < 4.78 is 10.4. The Morgan fingerprint density at radius 1 is 1.50 bits per heavy atom. The van der Waals surface area contributed by atoms with Crippen LogP contribution in [-0.4, -0.2) is 28.9 Å². The van der Waals surface area contributed by atoms with Crippen molar-refractivity contribution < 1.29 is 14.4 Å². The highest BCUT2D eigenvalue weighted by molar-refractivity contribution is 5.02. The molecule has 6 nitrogen and oxygen atoms in total. The summed E-state index contributed by atoms with van der Waals surface area (Å²) in [4.78, 5) is 4.13. The van der Waals surface area contributed by atoms with E-state index < -0.39 is 11.7 Å². The number of rotatable bonds is 6. The molecule has 0 radical (unpaired) electrons. The monoisotopic (exact) mass is 229 g/mol. The normalized spacial score (nSPS) is 14.1. The molecule has 0 aliphatic carbocycles. The quantitative estimate of drug-likeness (QED) is 0.746. The Morgan fingerprint density at radius 3 is 2.56 bits per heavy atom. The van der Waals surface area contributed by atoms with Crippen LogP contribution in [0.25, 0.3) is 0 Å². The molecule has 92 valence electrons. The fourth-order valence-electron chi connectivity index (χ4n) is 1.60. The van der Waals surface area contributed by atoms with Crippen LogP contribution >= 0.6 is 0 Å². The Hall–Kier alpha value is -0.980. The van der Waals surface area contributed by atoms with Gasteiger partial charge >= 0.3 is 0 Å². The Morgan fingerprint density at radius 2 is 2.12 bits per heavy atom. The summed E-state index contributed by atoms with van der Waals surface area (Å²) in [5.41, 5.74) is 4.77. The number of nitrogens with zero attached hydrogens (tertiary/aromatic N) is 2. The standard InChI is InChI=1S/C10H19N3O3/c1-4-10(5-2,15-3)9-12-8(16-13-9)7(14)6-11/h7,14H,4-6,11H2,1-3H3/t7-/m0/s1. The second-order valence-corrected chi connectivity index (χ2v) is 3.61. The molecule has 1 atom stereocenters. The average molecular weight is 229 g/mol. The van der Waals surface area contributed by atoms with Gasteiger partial charge in [0.25, 0.3) is 5.89 Å². The largest absolute Gasteiger partial charge is 0.382 e. The zero-order chi connectivity index (χ0) is 12.2.